The van der Waals surface area contributed by atoms with E-state index < -0.39 is 0 Å². The molecule has 1 fully saturated rings. The second-order valence-corrected chi connectivity index (χ2v) is 5.70. The normalized spacial score (nSPS) is 20.4. The van der Waals surface area contributed by atoms with Crippen LogP contribution in [0.5, 0.6) is 0 Å². The summed E-state index contributed by atoms with van der Waals surface area (Å²) < 4.78 is 13.1. The minimum Gasteiger partial charge on any atom is -0.381 e. The number of nitriles is 1. The van der Waals surface area contributed by atoms with E-state index in [1.807, 2.05) is 0 Å². The van der Waals surface area contributed by atoms with Gasteiger partial charge in [0.25, 0.3) is 0 Å². The summed E-state index contributed by atoms with van der Waals surface area (Å²) in [6, 6.07) is 7.35. The highest BCUT2D eigenvalue weighted by atomic mass is 19.1. The summed E-state index contributed by atoms with van der Waals surface area (Å²) in [4.78, 5) is 2.48. The van der Waals surface area contributed by atoms with Gasteiger partial charge in [-0.25, -0.2) is 4.39 Å². The zero-order chi connectivity index (χ0) is 14.5. The summed E-state index contributed by atoms with van der Waals surface area (Å²) in [7, 11) is 0. The first kappa shape index (κ1) is 14.8. The first-order chi connectivity index (χ1) is 9.60. The average Bonchev–Trinajstić information content (AvgIpc) is 2.66. The highest BCUT2D eigenvalue weighted by molar-refractivity contribution is 5.57. The summed E-state index contributed by atoms with van der Waals surface area (Å²) >= 11 is 0. The van der Waals surface area contributed by atoms with E-state index in [0.29, 0.717) is 17.6 Å². The Labute approximate surface area is 120 Å². The van der Waals surface area contributed by atoms with Gasteiger partial charge in [0.2, 0.25) is 0 Å². The van der Waals surface area contributed by atoms with Gasteiger partial charge in [-0.1, -0.05) is 0 Å². The summed E-state index contributed by atoms with van der Waals surface area (Å²) in [5.74, 6) is -0.362. The van der Waals surface area contributed by atoms with Crippen LogP contribution in [-0.4, -0.2) is 30.1 Å². The molecule has 1 aromatic carbocycles. The van der Waals surface area contributed by atoms with Crippen LogP contribution >= 0.6 is 0 Å². The zero-order valence-corrected chi connectivity index (χ0v) is 12.2. The fourth-order valence-electron chi connectivity index (χ4n) is 2.73. The number of benzene rings is 1. The Hall–Kier alpha value is -1.60. The molecule has 4 heteroatoms. The lowest BCUT2D eigenvalue weighted by molar-refractivity contribution is 0.230. The standard InChI is InChI=1S/C16H22FN3/c1-12(2)20-8-3-4-15(7-9-20)19-16-6-5-14(17)10-13(16)11-18/h5-6,10,12,15,19H,3-4,7-9H2,1-2H3. The molecule has 1 saturated heterocycles. The minimum atomic E-state index is -0.362. The lowest BCUT2D eigenvalue weighted by Crippen LogP contribution is -2.32. The molecule has 108 valence electrons. The van der Waals surface area contributed by atoms with Crippen LogP contribution in [0, 0.1) is 17.1 Å². The van der Waals surface area contributed by atoms with Crippen LogP contribution in [0.2, 0.25) is 0 Å². The molecule has 0 spiro atoms. The molecule has 20 heavy (non-hydrogen) atoms. The van der Waals surface area contributed by atoms with Gasteiger partial charge >= 0.3 is 0 Å². The minimum absolute atomic E-state index is 0.358. The van der Waals surface area contributed by atoms with Crippen molar-refractivity contribution in [3.8, 4) is 6.07 Å². The monoisotopic (exact) mass is 275 g/mol. The summed E-state index contributed by atoms with van der Waals surface area (Å²) in [6.45, 7) is 6.64. The second-order valence-electron chi connectivity index (χ2n) is 5.70. The molecule has 1 aromatic rings. The molecular weight excluding hydrogens is 253 g/mol. The van der Waals surface area contributed by atoms with E-state index in [1.165, 1.54) is 12.1 Å². The van der Waals surface area contributed by atoms with E-state index in [-0.39, 0.29) is 5.82 Å². The van der Waals surface area contributed by atoms with Crippen LogP contribution in [0.25, 0.3) is 0 Å². The van der Waals surface area contributed by atoms with Crippen molar-refractivity contribution in [1.29, 1.82) is 5.26 Å². The fraction of sp³-hybridized carbons (Fsp3) is 0.562. The van der Waals surface area contributed by atoms with Gasteiger partial charge in [-0.3, -0.25) is 0 Å². The van der Waals surface area contributed by atoms with Gasteiger partial charge in [-0.05, 0) is 57.9 Å². The first-order valence-electron chi connectivity index (χ1n) is 7.30. The third kappa shape index (κ3) is 3.71. The third-order valence-corrected chi connectivity index (χ3v) is 3.95. The first-order valence-corrected chi connectivity index (χ1v) is 7.30. The largest absolute Gasteiger partial charge is 0.381 e. The van der Waals surface area contributed by atoms with Gasteiger partial charge in [0.15, 0.2) is 0 Å². The Morgan fingerprint density at radius 3 is 2.85 bits per heavy atom. The molecule has 1 unspecified atom stereocenters. The zero-order valence-electron chi connectivity index (χ0n) is 12.2. The maximum Gasteiger partial charge on any atom is 0.124 e. The van der Waals surface area contributed by atoms with Gasteiger partial charge in [-0.15, -0.1) is 0 Å². The SMILES string of the molecule is CC(C)N1CCCC(Nc2ccc(F)cc2C#N)CC1. The highest BCUT2D eigenvalue weighted by Gasteiger charge is 2.19. The van der Waals surface area contributed by atoms with Crippen LogP contribution in [0.4, 0.5) is 10.1 Å². The second kappa shape index (κ2) is 6.71. The molecule has 0 bridgehead atoms. The van der Waals surface area contributed by atoms with Crippen molar-refractivity contribution < 1.29 is 4.39 Å². The Bertz CT molecular complexity index is 493. The van der Waals surface area contributed by atoms with Gasteiger partial charge < -0.3 is 10.2 Å². The quantitative estimate of drug-likeness (QED) is 0.919. The molecule has 0 saturated carbocycles. The van der Waals surface area contributed by atoms with Crippen LogP contribution in [-0.2, 0) is 0 Å². The van der Waals surface area contributed by atoms with E-state index in [1.54, 1.807) is 6.07 Å². The average molecular weight is 275 g/mol. The molecule has 3 nitrogen and oxygen atoms in total. The summed E-state index contributed by atoms with van der Waals surface area (Å²) in [5.41, 5.74) is 1.13. The van der Waals surface area contributed by atoms with Gasteiger partial charge in [-0.2, -0.15) is 5.26 Å². The maximum absolute atomic E-state index is 13.1. The highest BCUT2D eigenvalue weighted by Crippen LogP contribution is 2.21. The number of halogens is 1. The van der Waals surface area contributed by atoms with Crippen LogP contribution in [0.3, 0.4) is 0 Å². The van der Waals surface area contributed by atoms with Gasteiger partial charge in [0.05, 0.1) is 11.3 Å². The summed E-state index contributed by atoms with van der Waals surface area (Å²) in [6.07, 6.45) is 3.30. The molecule has 1 aliphatic rings. The number of anilines is 1. The predicted octanol–water partition coefficient (Wildman–Crippen LogP) is 3.37. The number of hydrogen-bond donors (Lipinski definition) is 1. The Kier molecular flexibility index (Phi) is 4.97. The number of nitrogens with zero attached hydrogens (tertiary/aromatic N) is 2. The number of nitrogens with one attached hydrogen (secondary N) is 1. The third-order valence-electron chi connectivity index (χ3n) is 3.95. The lowest BCUT2D eigenvalue weighted by atomic mass is 10.1. The molecule has 1 atom stereocenters. The Morgan fingerprint density at radius 2 is 2.15 bits per heavy atom. The van der Waals surface area contributed by atoms with E-state index >= 15 is 0 Å². The van der Waals surface area contributed by atoms with Crippen LogP contribution < -0.4 is 5.32 Å². The van der Waals surface area contributed by atoms with Crippen molar-refractivity contribution >= 4 is 5.69 Å². The van der Waals surface area contributed by atoms with Crippen molar-refractivity contribution in [3.63, 3.8) is 0 Å². The molecule has 1 heterocycles. The number of hydrogen-bond acceptors (Lipinski definition) is 3. The lowest BCUT2D eigenvalue weighted by Gasteiger charge is -2.24. The van der Waals surface area contributed by atoms with E-state index in [4.69, 9.17) is 5.26 Å². The molecule has 1 N–H and O–H groups in total. The fourth-order valence-corrected chi connectivity index (χ4v) is 2.73. The molecular formula is C16H22FN3. The number of rotatable bonds is 3. The van der Waals surface area contributed by atoms with Crippen LogP contribution in [0.15, 0.2) is 18.2 Å². The van der Waals surface area contributed by atoms with E-state index in [2.05, 4.69) is 30.1 Å². The van der Waals surface area contributed by atoms with E-state index in [0.717, 1.165) is 38.0 Å². The van der Waals surface area contributed by atoms with Crippen LogP contribution in [0.1, 0.15) is 38.7 Å². The predicted molar refractivity (Wildman–Crippen MR) is 79.1 cm³/mol. The molecule has 0 aliphatic carbocycles. The maximum atomic E-state index is 13.1. The smallest absolute Gasteiger partial charge is 0.124 e. The Balaban J connectivity index is 2.02. The van der Waals surface area contributed by atoms with Crippen molar-refractivity contribution in [2.24, 2.45) is 0 Å². The molecule has 1 aliphatic heterocycles. The van der Waals surface area contributed by atoms with E-state index in [9.17, 15) is 4.39 Å². The molecule has 2 rings (SSSR count). The Morgan fingerprint density at radius 1 is 1.35 bits per heavy atom. The van der Waals surface area contributed by atoms with Crippen molar-refractivity contribution in [2.45, 2.75) is 45.2 Å². The van der Waals surface area contributed by atoms with Gasteiger partial charge in [0, 0.05) is 18.6 Å². The van der Waals surface area contributed by atoms with Crippen molar-refractivity contribution in [1.82, 2.24) is 4.90 Å². The van der Waals surface area contributed by atoms with Crippen molar-refractivity contribution in [3.05, 3.63) is 29.6 Å². The topological polar surface area (TPSA) is 39.1 Å². The van der Waals surface area contributed by atoms with Gasteiger partial charge in [0.1, 0.15) is 11.9 Å². The summed E-state index contributed by atoms with van der Waals surface area (Å²) in [5, 5.41) is 12.5. The van der Waals surface area contributed by atoms with Crippen molar-refractivity contribution in [2.75, 3.05) is 18.4 Å². The molecule has 0 amide bonds. The molecule has 0 radical (unpaired) electrons. The number of likely N-dealkylation sites (tertiary alicyclic amines) is 1. The molecule has 0 aromatic heterocycles.